The molecule has 0 saturated carbocycles. The molecule has 0 bridgehead atoms. The molecular weight excluding hydrogens is 376 g/mol. The molecule has 0 fully saturated rings. The Hall–Kier alpha value is -0.940. The molecule has 4 heteroatoms. The Kier molecular flexibility index (Phi) is 15.3. The lowest BCUT2D eigenvalue weighted by Crippen LogP contribution is -2.39. The number of hydrogen-bond donors (Lipinski definition) is 0. The maximum absolute atomic E-state index is 5.96. The highest BCUT2D eigenvalue weighted by molar-refractivity contribution is 5.05. The Morgan fingerprint density at radius 3 is 1.83 bits per heavy atom. The fourth-order valence-electron chi connectivity index (χ4n) is 4.98. The standard InChI is InChI=1S/C26H48O4/c1-12-13-14-19(3)25(29-10)23(7)26(30-11)21(5)16-18(2)15-20(4)24(28-9)22(6)17-27-8/h12-15,19-26H,1,16-17H2,2-11H3/b14-13+,18-15+. The number of methoxy groups -OCH3 is 4. The molecule has 0 amide bonds. The summed E-state index contributed by atoms with van der Waals surface area (Å²) in [6, 6.07) is 0. The third kappa shape index (κ3) is 9.47. The second kappa shape index (κ2) is 15.8. The van der Waals surface area contributed by atoms with E-state index in [2.05, 4.69) is 60.3 Å². The third-order valence-corrected chi connectivity index (χ3v) is 6.18. The average Bonchev–Trinajstić information content (AvgIpc) is 2.67. The van der Waals surface area contributed by atoms with Crippen LogP contribution in [0.4, 0.5) is 0 Å². The van der Waals surface area contributed by atoms with Crippen molar-refractivity contribution in [3.8, 4) is 0 Å². The second-order valence-electron chi connectivity index (χ2n) is 8.93. The molecule has 0 heterocycles. The maximum atomic E-state index is 5.96. The van der Waals surface area contributed by atoms with Crippen molar-refractivity contribution in [2.75, 3.05) is 35.0 Å². The molecule has 0 aliphatic rings. The predicted molar refractivity (Wildman–Crippen MR) is 128 cm³/mol. The van der Waals surface area contributed by atoms with Crippen molar-refractivity contribution in [1.29, 1.82) is 0 Å². The zero-order chi connectivity index (χ0) is 23.3. The average molecular weight is 425 g/mol. The normalized spacial score (nSPS) is 20.9. The summed E-state index contributed by atoms with van der Waals surface area (Å²) < 4.78 is 22.9. The summed E-state index contributed by atoms with van der Waals surface area (Å²) in [5.74, 6) is 1.59. The topological polar surface area (TPSA) is 36.9 Å². The minimum absolute atomic E-state index is 0.0876. The summed E-state index contributed by atoms with van der Waals surface area (Å²) in [6.45, 7) is 17.8. The molecule has 0 N–H and O–H groups in total. The van der Waals surface area contributed by atoms with Crippen molar-refractivity contribution in [1.82, 2.24) is 0 Å². The Morgan fingerprint density at radius 2 is 1.37 bits per heavy atom. The van der Waals surface area contributed by atoms with Gasteiger partial charge in [0.05, 0.1) is 24.9 Å². The highest BCUT2D eigenvalue weighted by Crippen LogP contribution is 2.30. The molecule has 0 spiro atoms. The highest BCUT2D eigenvalue weighted by atomic mass is 16.5. The van der Waals surface area contributed by atoms with Gasteiger partial charge in [0, 0.05) is 52.1 Å². The van der Waals surface area contributed by atoms with E-state index in [-0.39, 0.29) is 30.1 Å². The molecular formula is C26H48O4. The summed E-state index contributed by atoms with van der Waals surface area (Å²) in [6.07, 6.45) is 9.60. The highest BCUT2D eigenvalue weighted by Gasteiger charge is 2.32. The summed E-state index contributed by atoms with van der Waals surface area (Å²) in [5.41, 5.74) is 1.37. The Bertz CT molecular complexity index is 513. The van der Waals surface area contributed by atoms with Crippen LogP contribution in [-0.4, -0.2) is 53.4 Å². The van der Waals surface area contributed by atoms with Gasteiger partial charge in [-0.3, -0.25) is 0 Å². The molecule has 0 rings (SSSR count). The summed E-state index contributed by atoms with van der Waals surface area (Å²) in [5, 5.41) is 0. The van der Waals surface area contributed by atoms with Crippen LogP contribution in [0.3, 0.4) is 0 Å². The van der Waals surface area contributed by atoms with Crippen LogP contribution in [0.5, 0.6) is 0 Å². The number of ether oxygens (including phenoxy) is 4. The monoisotopic (exact) mass is 424 g/mol. The Balaban J connectivity index is 5.22. The molecule has 0 aliphatic heterocycles. The molecule has 176 valence electrons. The van der Waals surface area contributed by atoms with E-state index in [1.165, 1.54) is 5.57 Å². The molecule has 0 aromatic heterocycles. The first-order valence-electron chi connectivity index (χ1n) is 11.2. The predicted octanol–water partition coefficient (Wildman–Crippen LogP) is 5.94. The van der Waals surface area contributed by atoms with Gasteiger partial charge in [-0.25, -0.2) is 0 Å². The maximum Gasteiger partial charge on any atom is 0.0681 e. The minimum Gasteiger partial charge on any atom is -0.384 e. The van der Waals surface area contributed by atoms with E-state index in [1.807, 2.05) is 13.2 Å². The van der Waals surface area contributed by atoms with Crippen molar-refractivity contribution < 1.29 is 18.9 Å². The fourth-order valence-corrected chi connectivity index (χ4v) is 4.98. The van der Waals surface area contributed by atoms with E-state index < -0.39 is 0 Å². The SMILES string of the molecule is C=C/C=C/C(C)C(OC)C(C)C(OC)C(C)C/C(C)=C/C(C)C(OC)C(C)COC. The lowest BCUT2D eigenvalue weighted by atomic mass is 9.81. The summed E-state index contributed by atoms with van der Waals surface area (Å²) >= 11 is 0. The molecule has 30 heavy (non-hydrogen) atoms. The third-order valence-electron chi connectivity index (χ3n) is 6.18. The van der Waals surface area contributed by atoms with Crippen LogP contribution in [0.1, 0.15) is 48.0 Å². The number of hydrogen-bond acceptors (Lipinski definition) is 4. The van der Waals surface area contributed by atoms with Crippen molar-refractivity contribution in [2.24, 2.45) is 29.6 Å². The summed E-state index contributed by atoms with van der Waals surface area (Å²) in [7, 11) is 7.12. The Labute approximate surface area is 186 Å². The molecule has 8 unspecified atom stereocenters. The fraction of sp³-hybridized carbons (Fsp3) is 0.769. The Morgan fingerprint density at radius 1 is 0.800 bits per heavy atom. The van der Waals surface area contributed by atoms with E-state index in [1.54, 1.807) is 27.4 Å². The van der Waals surface area contributed by atoms with Gasteiger partial charge in [0.2, 0.25) is 0 Å². The van der Waals surface area contributed by atoms with Crippen LogP contribution in [0, 0.1) is 29.6 Å². The van der Waals surface area contributed by atoms with E-state index in [0.717, 1.165) is 6.42 Å². The van der Waals surface area contributed by atoms with Gasteiger partial charge in [-0.05, 0) is 19.3 Å². The molecule has 0 aromatic rings. The molecule has 0 saturated heterocycles. The molecule has 0 aromatic carbocycles. The van der Waals surface area contributed by atoms with Crippen LogP contribution in [0.2, 0.25) is 0 Å². The lowest BCUT2D eigenvalue weighted by molar-refractivity contribution is -0.0605. The van der Waals surface area contributed by atoms with Gasteiger partial charge in [0.25, 0.3) is 0 Å². The zero-order valence-corrected chi connectivity index (χ0v) is 21.2. The van der Waals surface area contributed by atoms with E-state index in [9.17, 15) is 0 Å². The molecule has 0 radical (unpaired) electrons. The van der Waals surface area contributed by atoms with Crippen LogP contribution < -0.4 is 0 Å². The van der Waals surface area contributed by atoms with Crippen molar-refractivity contribution in [2.45, 2.75) is 66.3 Å². The minimum atomic E-state index is 0.0876. The van der Waals surface area contributed by atoms with Crippen LogP contribution in [0.25, 0.3) is 0 Å². The first-order valence-corrected chi connectivity index (χ1v) is 11.2. The zero-order valence-electron chi connectivity index (χ0n) is 21.2. The number of allylic oxidation sites excluding steroid dienone is 3. The lowest BCUT2D eigenvalue weighted by Gasteiger charge is -2.35. The van der Waals surface area contributed by atoms with Gasteiger partial charge in [0.15, 0.2) is 0 Å². The van der Waals surface area contributed by atoms with Crippen LogP contribution in [0.15, 0.2) is 36.5 Å². The van der Waals surface area contributed by atoms with Gasteiger partial charge in [-0.2, -0.15) is 0 Å². The smallest absolute Gasteiger partial charge is 0.0681 e. The van der Waals surface area contributed by atoms with Gasteiger partial charge < -0.3 is 18.9 Å². The van der Waals surface area contributed by atoms with E-state index in [4.69, 9.17) is 18.9 Å². The second-order valence-corrected chi connectivity index (χ2v) is 8.93. The van der Waals surface area contributed by atoms with Gasteiger partial charge >= 0.3 is 0 Å². The van der Waals surface area contributed by atoms with Crippen molar-refractivity contribution in [3.63, 3.8) is 0 Å². The van der Waals surface area contributed by atoms with Gasteiger partial charge in [-0.1, -0.05) is 71.1 Å². The van der Waals surface area contributed by atoms with Gasteiger partial charge in [-0.15, -0.1) is 0 Å². The van der Waals surface area contributed by atoms with Crippen molar-refractivity contribution >= 4 is 0 Å². The van der Waals surface area contributed by atoms with Gasteiger partial charge in [0.1, 0.15) is 0 Å². The number of rotatable bonds is 16. The van der Waals surface area contributed by atoms with Crippen LogP contribution in [-0.2, 0) is 18.9 Å². The molecule has 8 atom stereocenters. The molecule has 4 nitrogen and oxygen atoms in total. The first kappa shape index (κ1) is 29.1. The van der Waals surface area contributed by atoms with E-state index >= 15 is 0 Å². The summed E-state index contributed by atoms with van der Waals surface area (Å²) in [4.78, 5) is 0. The van der Waals surface area contributed by atoms with Crippen LogP contribution >= 0.6 is 0 Å². The van der Waals surface area contributed by atoms with E-state index in [0.29, 0.717) is 24.4 Å². The van der Waals surface area contributed by atoms with Crippen molar-refractivity contribution in [3.05, 3.63) is 36.5 Å². The first-order chi connectivity index (χ1) is 14.2. The largest absolute Gasteiger partial charge is 0.384 e. The quantitative estimate of drug-likeness (QED) is 0.227. The molecule has 0 aliphatic carbocycles.